The van der Waals surface area contributed by atoms with Crippen molar-refractivity contribution >= 4 is 0 Å². The highest BCUT2D eigenvalue weighted by atomic mass is 19.4. The molecule has 1 nitrogen and oxygen atoms in total. The van der Waals surface area contributed by atoms with Gasteiger partial charge in [-0.25, -0.2) is 0 Å². The van der Waals surface area contributed by atoms with Crippen LogP contribution in [-0.4, -0.2) is 6.36 Å². The van der Waals surface area contributed by atoms with Crippen LogP contribution in [0.2, 0.25) is 0 Å². The van der Waals surface area contributed by atoms with Gasteiger partial charge in [-0.3, -0.25) is 0 Å². The van der Waals surface area contributed by atoms with E-state index in [0.717, 1.165) is 0 Å². The van der Waals surface area contributed by atoms with Crippen molar-refractivity contribution in [3.05, 3.63) is 29.8 Å². The fourth-order valence-corrected chi connectivity index (χ4v) is 4.76. The molecule has 0 heterocycles. The third-order valence-corrected chi connectivity index (χ3v) is 5.80. The molecular weight excluding hydrogens is 301 g/mol. The number of hydrogen-bond donors (Lipinski definition) is 0. The maximum atomic E-state index is 12.3. The molecule has 0 amide bonds. The van der Waals surface area contributed by atoms with Gasteiger partial charge in [0.25, 0.3) is 0 Å². The Hall–Kier alpha value is -1.19. The zero-order valence-electron chi connectivity index (χ0n) is 13.5. The zero-order valence-corrected chi connectivity index (χ0v) is 13.5. The van der Waals surface area contributed by atoms with Crippen LogP contribution in [0.15, 0.2) is 24.3 Å². The molecule has 2 saturated carbocycles. The van der Waals surface area contributed by atoms with Crippen LogP contribution in [-0.2, 0) is 5.41 Å². The molecule has 23 heavy (non-hydrogen) atoms. The minimum atomic E-state index is -4.62. The fourth-order valence-electron chi connectivity index (χ4n) is 4.76. The highest BCUT2D eigenvalue weighted by Crippen LogP contribution is 2.50. The van der Waals surface area contributed by atoms with Crippen LogP contribution in [0.5, 0.6) is 5.75 Å². The summed E-state index contributed by atoms with van der Waals surface area (Å²) in [4.78, 5) is 0. The molecular formula is C19H25F3O. The molecule has 4 heteroatoms. The van der Waals surface area contributed by atoms with Crippen LogP contribution < -0.4 is 4.74 Å². The summed E-state index contributed by atoms with van der Waals surface area (Å²) in [6.45, 7) is 0. The SMILES string of the molecule is FC(F)(F)Oc1ccc(C2(C3CCCCC3)CCCCC2)cc1. The Morgan fingerprint density at radius 2 is 1.39 bits per heavy atom. The van der Waals surface area contributed by atoms with E-state index < -0.39 is 6.36 Å². The molecule has 0 aromatic heterocycles. The Bertz CT molecular complexity index is 494. The van der Waals surface area contributed by atoms with Crippen LogP contribution in [0.4, 0.5) is 13.2 Å². The Kier molecular flexibility index (Phi) is 4.88. The van der Waals surface area contributed by atoms with Gasteiger partial charge in [0.05, 0.1) is 0 Å². The van der Waals surface area contributed by atoms with Gasteiger partial charge in [0.1, 0.15) is 5.75 Å². The molecule has 1 aromatic rings. The van der Waals surface area contributed by atoms with Gasteiger partial charge in [-0.1, -0.05) is 50.7 Å². The van der Waals surface area contributed by atoms with Crippen molar-refractivity contribution in [2.75, 3.05) is 0 Å². The first-order valence-electron chi connectivity index (χ1n) is 8.86. The molecule has 0 radical (unpaired) electrons. The van der Waals surface area contributed by atoms with Gasteiger partial charge < -0.3 is 4.74 Å². The van der Waals surface area contributed by atoms with E-state index in [9.17, 15) is 13.2 Å². The molecule has 128 valence electrons. The Balaban J connectivity index is 1.84. The molecule has 1 aromatic carbocycles. The molecule has 0 spiro atoms. The molecule has 0 aliphatic heterocycles. The van der Waals surface area contributed by atoms with Crippen molar-refractivity contribution in [3.63, 3.8) is 0 Å². The second-order valence-corrected chi connectivity index (χ2v) is 7.12. The van der Waals surface area contributed by atoms with Crippen molar-refractivity contribution in [2.45, 2.75) is 76.0 Å². The second-order valence-electron chi connectivity index (χ2n) is 7.12. The smallest absolute Gasteiger partial charge is 0.406 e. The van der Waals surface area contributed by atoms with Gasteiger partial charge in [-0.2, -0.15) is 0 Å². The van der Waals surface area contributed by atoms with E-state index in [1.807, 2.05) is 12.1 Å². The van der Waals surface area contributed by atoms with Gasteiger partial charge >= 0.3 is 6.36 Å². The standard InChI is InChI=1S/C19H25F3O/c20-19(21,22)23-17-11-9-16(10-12-17)18(13-5-2-6-14-18)15-7-3-1-4-8-15/h9-12,15H,1-8,13-14H2. The van der Waals surface area contributed by atoms with Gasteiger partial charge in [0.15, 0.2) is 0 Å². The first kappa shape index (κ1) is 16.7. The summed E-state index contributed by atoms with van der Waals surface area (Å²) >= 11 is 0. The van der Waals surface area contributed by atoms with Gasteiger partial charge in [0.2, 0.25) is 0 Å². The molecule has 0 bridgehead atoms. The molecule has 0 atom stereocenters. The summed E-state index contributed by atoms with van der Waals surface area (Å²) < 4.78 is 41.0. The fraction of sp³-hybridized carbons (Fsp3) is 0.684. The number of halogens is 3. The highest BCUT2D eigenvalue weighted by molar-refractivity contribution is 5.34. The molecule has 2 fully saturated rings. The molecule has 2 aliphatic rings. The van der Waals surface area contributed by atoms with Crippen molar-refractivity contribution in [1.82, 2.24) is 0 Å². The van der Waals surface area contributed by atoms with E-state index in [4.69, 9.17) is 0 Å². The highest BCUT2D eigenvalue weighted by Gasteiger charge is 2.41. The average molecular weight is 326 g/mol. The number of ether oxygens (including phenoxy) is 1. The Labute approximate surface area is 136 Å². The molecule has 0 N–H and O–H groups in total. The lowest BCUT2D eigenvalue weighted by molar-refractivity contribution is -0.274. The van der Waals surface area contributed by atoms with Gasteiger partial charge in [-0.15, -0.1) is 13.2 Å². The van der Waals surface area contributed by atoms with Crippen molar-refractivity contribution in [1.29, 1.82) is 0 Å². The number of alkyl halides is 3. The Morgan fingerprint density at radius 3 is 1.96 bits per heavy atom. The third-order valence-electron chi connectivity index (χ3n) is 5.80. The van der Waals surface area contributed by atoms with E-state index in [1.165, 1.54) is 81.9 Å². The topological polar surface area (TPSA) is 9.23 Å². The van der Waals surface area contributed by atoms with Crippen molar-refractivity contribution in [2.24, 2.45) is 5.92 Å². The zero-order chi connectivity index (χ0) is 16.3. The Morgan fingerprint density at radius 1 is 0.826 bits per heavy atom. The lowest BCUT2D eigenvalue weighted by atomic mass is 9.58. The van der Waals surface area contributed by atoms with Crippen LogP contribution in [0.1, 0.15) is 69.8 Å². The normalized spacial score (nSPS) is 22.7. The van der Waals surface area contributed by atoms with E-state index in [2.05, 4.69) is 4.74 Å². The second kappa shape index (κ2) is 6.74. The maximum absolute atomic E-state index is 12.3. The first-order chi connectivity index (χ1) is 11.0. The molecule has 2 aliphatic carbocycles. The molecule has 3 rings (SSSR count). The van der Waals surface area contributed by atoms with Crippen molar-refractivity contribution in [3.8, 4) is 5.75 Å². The predicted octanol–water partition coefficient (Wildman–Crippen LogP) is 6.37. The van der Waals surface area contributed by atoms with E-state index >= 15 is 0 Å². The monoisotopic (exact) mass is 326 g/mol. The van der Waals surface area contributed by atoms with E-state index in [-0.39, 0.29) is 11.2 Å². The minimum Gasteiger partial charge on any atom is -0.406 e. The van der Waals surface area contributed by atoms with Crippen LogP contribution in [0.3, 0.4) is 0 Å². The molecule has 0 unspecified atom stereocenters. The first-order valence-corrected chi connectivity index (χ1v) is 8.86. The lowest BCUT2D eigenvalue weighted by Gasteiger charge is -2.46. The quantitative estimate of drug-likeness (QED) is 0.627. The summed E-state index contributed by atoms with van der Waals surface area (Å²) in [5, 5.41) is 0. The van der Waals surface area contributed by atoms with Crippen LogP contribution in [0.25, 0.3) is 0 Å². The summed E-state index contributed by atoms with van der Waals surface area (Å²) in [6, 6.07) is 6.73. The number of hydrogen-bond acceptors (Lipinski definition) is 1. The number of rotatable bonds is 3. The number of benzene rings is 1. The predicted molar refractivity (Wildman–Crippen MR) is 84.5 cm³/mol. The summed E-state index contributed by atoms with van der Waals surface area (Å²) in [5.74, 6) is 0.571. The van der Waals surface area contributed by atoms with Crippen LogP contribution >= 0.6 is 0 Å². The average Bonchev–Trinajstić information content (AvgIpc) is 2.55. The third kappa shape index (κ3) is 3.84. The largest absolute Gasteiger partial charge is 0.573 e. The van der Waals surface area contributed by atoms with E-state index in [1.54, 1.807) is 0 Å². The van der Waals surface area contributed by atoms with Crippen LogP contribution in [0, 0.1) is 5.92 Å². The van der Waals surface area contributed by atoms with Crippen molar-refractivity contribution < 1.29 is 17.9 Å². The van der Waals surface area contributed by atoms with Gasteiger partial charge in [-0.05, 0) is 54.7 Å². The summed E-state index contributed by atoms with van der Waals surface area (Å²) in [7, 11) is 0. The van der Waals surface area contributed by atoms with Gasteiger partial charge in [0, 0.05) is 0 Å². The maximum Gasteiger partial charge on any atom is 0.573 e. The molecule has 0 saturated heterocycles. The lowest BCUT2D eigenvalue weighted by Crippen LogP contribution is -2.38. The minimum absolute atomic E-state index is 0.115. The summed E-state index contributed by atoms with van der Waals surface area (Å²) in [6.07, 6.45) is 7.93. The summed E-state index contributed by atoms with van der Waals surface area (Å²) in [5.41, 5.74) is 1.40. The van der Waals surface area contributed by atoms with E-state index in [0.29, 0.717) is 5.92 Å².